The predicted octanol–water partition coefficient (Wildman–Crippen LogP) is 1.75. The summed E-state index contributed by atoms with van der Waals surface area (Å²) < 4.78 is 25.8. The van der Waals surface area contributed by atoms with Gasteiger partial charge >= 0.3 is 0 Å². The van der Waals surface area contributed by atoms with Crippen LogP contribution in [0.5, 0.6) is 5.75 Å². The molecule has 1 aromatic carbocycles. The van der Waals surface area contributed by atoms with Crippen LogP contribution in [-0.2, 0) is 11.3 Å². The highest BCUT2D eigenvalue weighted by Gasteiger charge is 2.32. The summed E-state index contributed by atoms with van der Waals surface area (Å²) in [6, 6.07) is 5.98. The molecule has 1 unspecified atom stereocenters. The van der Waals surface area contributed by atoms with Gasteiger partial charge in [0.1, 0.15) is 18.2 Å². The molecule has 1 fully saturated rings. The fraction of sp³-hybridized carbons (Fsp3) is 0.562. The van der Waals surface area contributed by atoms with Gasteiger partial charge in [-0.25, -0.2) is 9.07 Å². The molecule has 0 N–H and O–H groups in total. The molecule has 0 aliphatic carbocycles. The van der Waals surface area contributed by atoms with Gasteiger partial charge in [0.2, 0.25) is 5.95 Å². The Kier molecular flexibility index (Phi) is 4.94. The monoisotopic (exact) mass is 335 g/mol. The van der Waals surface area contributed by atoms with Gasteiger partial charge < -0.3 is 14.4 Å². The van der Waals surface area contributed by atoms with E-state index in [1.807, 2.05) is 16.6 Å². The van der Waals surface area contributed by atoms with Crippen LogP contribution in [-0.4, -0.2) is 53.6 Å². The molecule has 7 nitrogen and oxygen atoms in total. The maximum atomic E-state index is 12.9. The highest BCUT2D eigenvalue weighted by molar-refractivity contribution is 5.26. The van der Waals surface area contributed by atoms with Crippen LogP contribution in [0.15, 0.2) is 24.3 Å². The van der Waals surface area contributed by atoms with E-state index in [0.717, 1.165) is 26.2 Å². The van der Waals surface area contributed by atoms with Gasteiger partial charge in [-0.05, 0) is 41.1 Å². The van der Waals surface area contributed by atoms with Gasteiger partial charge in [-0.2, -0.15) is 0 Å². The molecule has 8 heteroatoms. The quantitative estimate of drug-likeness (QED) is 0.768. The second-order valence-corrected chi connectivity index (χ2v) is 6.47. The van der Waals surface area contributed by atoms with Crippen molar-refractivity contribution in [2.75, 3.05) is 38.3 Å². The molecule has 1 aromatic heterocycles. The minimum absolute atomic E-state index is 0.0651. The average Bonchev–Trinajstić information content (AvgIpc) is 3.19. The number of hydrogen-bond acceptors (Lipinski definition) is 6. The van der Waals surface area contributed by atoms with Crippen molar-refractivity contribution in [1.82, 2.24) is 20.2 Å². The molecule has 0 amide bonds. The van der Waals surface area contributed by atoms with Crippen LogP contribution in [0.25, 0.3) is 0 Å². The number of likely N-dealkylation sites (N-methyl/N-ethyl adjacent to an activating group) is 1. The maximum absolute atomic E-state index is 12.9. The Morgan fingerprint density at radius 3 is 2.88 bits per heavy atom. The van der Waals surface area contributed by atoms with Gasteiger partial charge in [0.25, 0.3) is 0 Å². The molecule has 0 saturated carbocycles. The molecule has 2 aromatic rings. The van der Waals surface area contributed by atoms with Crippen molar-refractivity contribution in [2.45, 2.75) is 19.9 Å². The van der Waals surface area contributed by atoms with Crippen molar-refractivity contribution in [3.05, 3.63) is 30.1 Å². The SMILES string of the molecule is CN(CCOc1ccc(F)cc1)c1nnnn1CC1(C)CCOC1. The first kappa shape index (κ1) is 16.6. The first-order valence-corrected chi connectivity index (χ1v) is 7.99. The van der Waals surface area contributed by atoms with E-state index in [-0.39, 0.29) is 11.2 Å². The molecular formula is C16H22FN5O2. The largest absolute Gasteiger partial charge is 0.492 e. The van der Waals surface area contributed by atoms with E-state index in [9.17, 15) is 4.39 Å². The molecule has 0 bridgehead atoms. The topological polar surface area (TPSA) is 65.3 Å². The summed E-state index contributed by atoms with van der Waals surface area (Å²) >= 11 is 0. The van der Waals surface area contributed by atoms with Crippen LogP contribution in [0, 0.1) is 11.2 Å². The minimum atomic E-state index is -0.275. The number of anilines is 1. The molecule has 1 aliphatic heterocycles. The summed E-state index contributed by atoms with van der Waals surface area (Å²) in [7, 11) is 1.92. The van der Waals surface area contributed by atoms with E-state index in [1.54, 1.807) is 12.1 Å². The van der Waals surface area contributed by atoms with Crippen LogP contribution in [0.2, 0.25) is 0 Å². The number of rotatable bonds is 7. The predicted molar refractivity (Wildman–Crippen MR) is 86.5 cm³/mol. The van der Waals surface area contributed by atoms with Crippen molar-refractivity contribution < 1.29 is 13.9 Å². The molecule has 0 spiro atoms. The summed E-state index contributed by atoms with van der Waals surface area (Å²) in [6.07, 6.45) is 1.00. The molecule has 1 aliphatic rings. The van der Waals surface area contributed by atoms with Gasteiger partial charge in [0.05, 0.1) is 19.7 Å². The van der Waals surface area contributed by atoms with Crippen molar-refractivity contribution in [1.29, 1.82) is 0 Å². The van der Waals surface area contributed by atoms with Crippen molar-refractivity contribution in [2.24, 2.45) is 5.41 Å². The smallest absolute Gasteiger partial charge is 0.245 e. The lowest BCUT2D eigenvalue weighted by Crippen LogP contribution is -2.30. The number of ether oxygens (including phenoxy) is 2. The number of hydrogen-bond donors (Lipinski definition) is 0. The summed E-state index contributed by atoms with van der Waals surface area (Å²) in [5.74, 6) is 1.06. The van der Waals surface area contributed by atoms with Crippen LogP contribution in [0.4, 0.5) is 10.3 Å². The lowest BCUT2D eigenvalue weighted by atomic mass is 9.90. The third-order valence-corrected chi connectivity index (χ3v) is 4.20. The Hall–Kier alpha value is -2.22. The van der Waals surface area contributed by atoms with Gasteiger partial charge in [-0.15, -0.1) is 0 Å². The Bertz CT molecular complexity index is 655. The Morgan fingerprint density at radius 2 is 2.17 bits per heavy atom. The number of halogens is 1. The zero-order valence-corrected chi connectivity index (χ0v) is 14.0. The van der Waals surface area contributed by atoms with Crippen molar-refractivity contribution in [3.63, 3.8) is 0 Å². The highest BCUT2D eigenvalue weighted by Crippen LogP contribution is 2.30. The second kappa shape index (κ2) is 7.12. The third kappa shape index (κ3) is 4.00. The lowest BCUT2D eigenvalue weighted by Gasteiger charge is -2.24. The molecule has 0 radical (unpaired) electrons. The Labute approximate surface area is 140 Å². The number of aromatic nitrogens is 4. The van der Waals surface area contributed by atoms with E-state index >= 15 is 0 Å². The van der Waals surface area contributed by atoms with Crippen molar-refractivity contribution >= 4 is 5.95 Å². The van der Waals surface area contributed by atoms with Gasteiger partial charge in [0, 0.05) is 19.1 Å². The van der Waals surface area contributed by atoms with E-state index in [1.165, 1.54) is 12.1 Å². The van der Waals surface area contributed by atoms with Gasteiger partial charge in [-0.1, -0.05) is 12.0 Å². The van der Waals surface area contributed by atoms with Gasteiger partial charge in [0.15, 0.2) is 0 Å². The number of tetrazole rings is 1. The first-order chi connectivity index (χ1) is 11.6. The van der Waals surface area contributed by atoms with E-state index in [0.29, 0.717) is 24.8 Å². The normalized spacial score (nSPS) is 20.3. The fourth-order valence-corrected chi connectivity index (χ4v) is 2.70. The van der Waals surface area contributed by atoms with Crippen LogP contribution >= 0.6 is 0 Å². The summed E-state index contributed by atoms with van der Waals surface area (Å²) in [5, 5.41) is 12.0. The molecule has 24 heavy (non-hydrogen) atoms. The Balaban J connectivity index is 1.54. The maximum Gasteiger partial charge on any atom is 0.245 e. The van der Waals surface area contributed by atoms with E-state index in [2.05, 4.69) is 22.4 Å². The lowest BCUT2D eigenvalue weighted by molar-refractivity contribution is 0.147. The fourth-order valence-electron chi connectivity index (χ4n) is 2.70. The molecule has 130 valence electrons. The van der Waals surface area contributed by atoms with Crippen LogP contribution in [0.3, 0.4) is 0 Å². The summed E-state index contributed by atoms with van der Waals surface area (Å²) in [6.45, 7) is 5.49. The minimum Gasteiger partial charge on any atom is -0.492 e. The summed E-state index contributed by atoms with van der Waals surface area (Å²) in [4.78, 5) is 1.95. The molecule has 1 atom stereocenters. The van der Waals surface area contributed by atoms with Crippen LogP contribution in [0.1, 0.15) is 13.3 Å². The third-order valence-electron chi connectivity index (χ3n) is 4.20. The second-order valence-electron chi connectivity index (χ2n) is 6.47. The molecule has 3 rings (SSSR count). The van der Waals surface area contributed by atoms with Crippen molar-refractivity contribution in [3.8, 4) is 5.75 Å². The average molecular weight is 335 g/mol. The van der Waals surface area contributed by atoms with Crippen LogP contribution < -0.4 is 9.64 Å². The zero-order chi connectivity index (χ0) is 17.0. The van der Waals surface area contributed by atoms with Gasteiger partial charge in [-0.3, -0.25) is 0 Å². The zero-order valence-electron chi connectivity index (χ0n) is 14.0. The number of benzene rings is 1. The standard InChI is InChI=1S/C16H22FN5O2/c1-16(7-9-23-12-16)11-22-15(18-19-20-22)21(2)8-10-24-14-5-3-13(17)4-6-14/h3-6H,7-12H2,1-2H3. The summed E-state index contributed by atoms with van der Waals surface area (Å²) in [5.41, 5.74) is 0.0651. The number of nitrogens with zero attached hydrogens (tertiary/aromatic N) is 5. The molecule has 2 heterocycles. The molecular weight excluding hydrogens is 313 g/mol. The molecule has 1 saturated heterocycles. The van der Waals surface area contributed by atoms with E-state index in [4.69, 9.17) is 9.47 Å². The first-order valence-electron chi connectivity index (χ1n) is 7.99. The highest BCUT2D eigenvalue weighted by atomic mass is 19.1. The Morgan fingerprint density at radius 1 is 1.38 bits per heavy atom. The van der Waals surface area contributed by atoms with E-state index < -0.39 is 0 Å².